The summed E-state index contributed by atoms with van der Waals surface area (Å²) in [5.74, 6) is -1.63. The molecule has 3 heterocycles. The Bertz CT molecular complexity index is 1380. The van der Waals surface area contributed by atoms with Gasteiger partial charge in [-0.05, 0) is 83.1 Å². The van der Waals surface area contributed by atoms with Crippen LogP contribution >= 0.6 is 0 Å². The van der Waals surface area contributed by atoms with E-state index in [0.717, 1.165) is 37.1 Å². The van der Waals surface area contributed by atoms with Gasteiger partial charge in [0, 0.05) is 29.8 Å². The van der Waals surface area contributed by atoms with Crippen LogP contribution in [0, 0.1) is 28.9 Å². The molecule has 1 aromatic carbocycles. The number of amidine groups is 1. The van der Waals surface area contributed by atoms with E-state index in [4.69, 9.17) is 4.74 Å². The highest BCUT2D eigenvalue weighted by molar-refractivity contribution is 5.99. The smallest absolute Gasteiger partial charge is 0.338 e. The van der Waals surface area contributed by atoms with Crippen molar-refractivity contribution in [2.75, 3.05) is 0 Å². The molecule has 212 valence electrons. The lowest BCUT2D eigenvalue weighted by Gasteiger charge is -2.42. The highest BCUT2D eigenvalue weighted by Crippen LogP contribution is 2.46. The van der Waals surface area contributed by atoms with Crippen molar-refractivity contribution in [1.29, 1.82) is 5.26 Å². The number of hydrogen-bond acceptors (Lipinski definition) is 8. The summed E-state index contributed by atoms with van der Waals surface area (Å²) < 4.78 is 36.0. The number of nitrogens with zero attached hydrogens (tertiary/aromatic N) is 4. The fourth-order valence-electron chi connectivity index (χ4n) is 6.39. The summed E-state index contributed by atoms with van der Waals surface area (Å²) in [4.78, 5) is 22.4. The van der Waals surface area contributed by atoms with E-state index in [2.05, 4.69) is 15.4 Å². The van der Waals surface area contributed by atoms with Gasteiger partial charge in [-0.15, -0.1) is 0 Å². The molecule has 2 unspecified atom stereocenters. The maximum atomic E-state index is 14.9. The summed E-state index contributed by atoms with van der Waals surface area (Å²) in [6.07, 6.45) is 5.94. The number of carbonyl (C=O) groups is 1. The first-order valence-corrected chi connectivity index (χ1v) is 13.8. The van der Waals surface area contributed by atoms with Crippen LogP contribution in [0.4, 0.5) is 8.78 Å². The van der Waals surface area contributed by atoms with Crippen molar-refractivity contribution < 1.29 is 23.4 Å². The Morgan fingerprint density at radius 1 is 1.23 bits per heavy atom. The molecule has 4 aliphatic rings. The number of ether oxygens (including phenoxy) is 1. The van der Waals surface area contributed by atoms with E-state index in [1.165, 1.54) is 26.0 Å². The van der Waals surface area contributed by atoms with Crippen LogP contribution in [0.3, 0.4) is 0 Å². The van der Waals surface area contributed by atoms with Crippen molar-refractivity contribution in [1.82, 2.24) is 10.4 Å². The molecule has 2 atom stereocenters. The van der Waals surface area contributed by atoms with Crippen LogP contribution < -0.4 is 5.43 Å². The zero-order chi connectivity index (χ0) is 28.8. The number of cyclic esters (lactones) is 1. The number of aryl methyl sites for hydroxylation is 1. The lowest BCUT2D eigenvalue weighted by Crippen LogP contribution is -2.47. The first-order valence-electron chi connectivity index (χ1n) is 13.8. The number of nitrogens with one attached hydrogen (secondary N) is 1. The molecule has 5 rings (SSSR count). The van der Waals surface area contributed by atoms with Crippen molar-refractivity contribution >= 4 is 17.5 Å². The van der Waals surface area contributed by atoms with E-state index in [9.17, 15) is 23.9 Å². The molecule has 0 spiro atoms. The Balaban J connectivity index is 1.37. The molecule has 10 heteroatoms. The number of halogens is 2. The van der Waals surface area contributed by atoms with E-state index < -0.39 is 34.9 Å². The number of hydrazine groups is 1. The molecule has 8 nitrogen and oxygen atoms in total. The second kappa shape index (κ2) is 10.3. The monoisotopic (exact) mass is 551 g/mol. The second-order valence-corrected chi connectivity index (χ2v) is 11.8. The lowest BCUT2D eigenvalue weighted by atomic mass is 9.76. The summed E-state index contributed by atoms with van der Waals surface area (Å²) in [5.41, 5.74) is 3.00. The van der Waals surface area contributed by atoms with E-state index in [1.807, 2.05) is 26.0 Å². The Morgan fingerprint density at radius 3 is 2.52 bits per heavy atom. The lowest BCUT2D eigenvalue weighted by molar-refractivity contribution is -0.167. The number of hydrogen-bond donors (Lipinski definition) is 2. The van der Waals surface area contributed by atoms with E-state index in [0.29, 0.717) is 17.8 Å². The highest BCUT2D eigenvalue weighted by Gasteiger charge is 2.48. The van der Waals surface area contributed by atoms with Crippen LogP contribution in [-0.4, -0.2) is 39.5 Å². The van der Waals surface area contributed by atoms with Crippen molar-refractivity contribution in [3.05, 3.63) is 58.0 Å². The number of aliphatic hydroxyl groups excluding tert-OH is 1. The maximum absolute atomic E-state index is 14.9. The van der Waals surface area contributed by atoms with Gasteiger partial charge in [-0.1, -0.05) is 12.8 Å². The molecule has 0 radical (unpaired) electrons. The van der Waals surface area contributed by atoms with Gasteiger partial charge in [0.2, 0.25) is 6.29 Å². The third-order valence-corrected chi connectivity index (χ3v) is 8.51. The molecule has 0 amide bonds. The maximum Gasteiger partial charge on any atom is 0.338 e. The number of benzene rings is 1. The average Bonchev–Trinajstić information content (AvgIpc) is 3.55. The van der Waals surface area contributed by atoms with Crippen LogP contribution in [-0.2, 0) is 21.4 Å². The molecular formula is C30H35F2N5O3. The zero-order valence-electron chi connectivity index (χ0n) is 23.4. The second-order valence-electron chi connectivity index (χ2n) is 11.8. The standard InChI is InChI=1S/C30H35F2N5O3/c1-17-11-18(2)37-28(34-17)35-25(36-37)14-21-24(38)15-30(40-27(21)39,20-7-5-6-8-20)10-9-19-12-22(31)26(23(32)13-19)29(3,4)16-33/h11-13,20,28,38H,5-10,14-15H2,1-4H3,(H,35,36). The Hall–Kier alpha value is -3.74. The Kier molecular flexibility index (Phi) is 7.19. The average molecular weight is 552 g/mol. The highest BCUT2D eigenvalue weighted by atomic mass is 19.1. The van der Waals surface area contributed by atoms with Crippen LogP contribution in [0.25, 0.3) is 0 Å². The molecule has 1 fully saturated rings. The third kappa shape index (κ3) is 5.09. The number of esters is 1. The van der Waals surface area contributed by atoms with Crippen molar-refractivity contribution in [2.45, 2.75) is 96.4 Å². The normalized spacial score (nSPS) is 25.1. The van der Waals surface area contributed by atoms with Gasteiger partial charge < -0.3 is 9.84 Å². The van der Waals surface area contributed by atoms with Crippen LogP contribution in [0.15, 0.2) is 45.2 Å². The molecular weight excluding hydrogens is 516 g/mol. The number of carbonyl (C=O) groups excluding carboxylic acids is 1. The van der Waals surface area contributed by atoms with Gasteiger partial charge in [-0.2, -0.15) is 5.26 Å². The molecule has 3 aliphatic heterocycles. The van der Waals surface area contributed by atoms with Gasteiger partial charge >= 0.3 is 5.97 Å². The largest absolute Gasteiger partial charge is 0.512 e. The van der Waals surface area contributed by atoms with Crippen molar-refractivity contribution in [3.8, 4) is 6.07 Å². The minimum atomic E-state index is -1.31. The van der Waals surface area contributed by atoms with E-state index >= 15 is 0 Å². The summed E-state index contributed by atoms with van der Waals surface area (Å²) in [6.45, 7) is 6.78. The zero-order valence-corrected chi connectivity index (χ0v) is 23.4. The molecule has 0 bridgehead atoms. The number of allylic oxidation sites excluding steroid dienone is 2. The third-order valence-electron chi connectivity index (χ3n) is 8.51. The number of fused-ring (bicyclic) bond motifs is 1. The summed E-state index contributed by atoms with van der Waals surface area (Å²) >= 11 is 0. The van der Waals surface area contributed by atoms with Gasteiger partial charge in [0.1, 0.15) is 28.8 Å². The first kappa shape index (κ1) is 27.8. The Morgan fingerprint density at radius 2 is 1.90 bits per heavy atom. The van der Waals surface area contributed by atoms with E-state index in [-0.39, 0.29) is 42.1 Å². The number of aliphatic imine (C=N–C) groups is 2. The van der Waals surface area contributed by atoms with Gasteiger partial charge in [0.15, 0.2) is 0 Å². The van der Waals surface area contributed by atoms with Gasteiger partial charge in [0.05, 0.1) is 17.1 Å². The fraction of sp³-hybridized carbons (Fsp3) is 0.533. The molecule has 40 heavy (non-hydrogen) atoms. The number of rotatable bonds is 7. The summed E-state index contributed by atoms with van der Waals surface area (Å²) in [7, 11) is 0. The minimum Gasteiger partial charge on any atom is -0.512 e. The summed E-state index contributed by atoms with van der Waals surface area (Å²) in [5, 5.41) is 22.3. The van der Waals surface area contributed by atoms with Crippen molar-refractivity contribution in [2.24, 2.45) is 15.9 Å². The molecule has 0 aromatic heterocycles. The molecule has 2 N–H and O–H groups in total. The Labute approximate surface area is 233 Å². The summed E-state index contributed by atoms with van der Waals surface area (Å²) in [6, 6.07) is 4.46. The van der Waals surface area contributed by atoms with Crippen LogP contribution in [0.5, 0.6) is 0 Å². The molecule has 0 saturated heterocycles. The molecule has 1 saturated carbocycles. The minimum absolute atomic E-state index is 0.0343. The van der Waals surface area contributed by atoms with Crippen molar-refractivity contribution in [3.63, 3.8) is 0 Å². The molecule has 1 aromatic rings. The first-order chi connectivity index (χ1) is 18.9. The van der Waals surface area contributed by atoms with Gasteiger partial charge in [0.25, 0.3) is 0 Å². The predicted molar refractivity (Wildman–Crippen MR) is 146 cm³/mol. The van der Waals surface area contributed by atoms with Crippen LogP contribution in [0.2, 0.25) is 0 Å². The molecule has 1 aliphatic carbocycles. The van der Waals surface area contributed by atoms with Crippen LogP contribution in [0.1, 0.15) is 83.8 Å². The van der Waals surface area contributed by atoms with E-state index in [1.54, 1.807) is 5.01 Å². The quantitative estimate of drug-likeness (QED) is 0.424. The van der Waals surface area contributed by atoms with Gasteiger partial charge in [-0.3, -0.25) is 5.43 Å². The SMILES string of the molecule is CC1=CC(C)=NC2N=C(CC3=C(O)CC(CCc4cc(F)c(C(C)(C)C#N)c(F)c4)(C4CCCC4)OC3=O)NN12. The fourth-order valence-corrected chi connectivity index (χ4v) is 6.39. The van der Waals surface area contributed by atoms with Gasteiger partial charge in [-0.25, -0.2) is 28.6 Å². The topological polar surface area (TPSA) is 110 Å². The predicted octanol–water partition coefficient (Wildman–Crippen LogP) is 5.66. The number of nitriles is 1. The number of aliphatic hydroxyl groups is 1.